The number of sulfonamides is 1. The van der Waals surface area contributed by atoms with Gasteiger partial charge in [0.2, 0.25) is 21.8 Å². The molecule has 0 bridgehead atoms. The van der Waals surface area contributed by atoms with Crippen LogP contribution in [0.15, 0.2) is 59.5 Å². The van der Waals surface area contributed by atoms with Crippen molar-refractivity contribution in [3.05, 3.63) is 54.6 Å². The van der Waals surface area contributed by atoms with Crippen LogP contribution in [0.2, 0.25) is 0 Å². The lowest BCUT2D eigenvalue weighted by Gasteiger charge is -2.18. The first kappa shape index (κ1) is 19.1. The first-order chi connectivity index (χ1) is 12.9. The van der Waals surface area contributed by atoms with E-state index in [1.807, 2.05) is 6.07 Å². The molecule has 2 amide bonds. The Bertz CT molecular complexity index is 944. The van der Waals surface area contributed by atoms with Gasteiger partial charge in [0.1, 0.15) is 0 Å². The van der Waals surface area contributed by atoms with Crippen molar-refractivity contribution in [3.63, 3.8) is 0 Å². The van der Waals surface area contributed by atoms with Crippen LogP contribution < -0.4 is 10.2 Å². The summed E-state index contributed by atoms with van der Waals surface area (Å²) in [6, 6.07) is 14.9. The van der Waals surface area contributed by atoms with Crippen LogP contribution in [0.25, 0.3) is 0 Å². The first-order valence-corrected chi connectivity index (χ1v) is 10.0. The fraction of sp³-hybridized carbons (Fsp3) is 0.263. The van der Waals surface area contributed by atoms with Crippen LogP contribution >= 0.6 is 0 Å². The predicted octanol–water partition coefficient (Wildman–Crippen LogP) is 2.07. The van der Waals surface area contributed by atoms with Crippen LogP contribution in [-0.4, -0.2) is 44.7 Å². The molecule has 0 radical (unpaired) electrons. The molecule has 1 N–H and O–H groups in total. The Morgan fingerprint density at radius 1 is 1.15 bits per heavy atom. The Morgan fingerprint density at radius 2 is 1.89 bits per heavy atom. The van der Waals surface area contributed by atoms with Crippen LogP contribution in [-0.2, 0) is 19.6 Å². The summed E-state index contributed by atoms with van der Waals surface area (Å²) in [4.78, 5) is 26.0. The Kier molecular flexibility index (Phi) is 5.57. The van der Waals surface area contributed by atoms with Gasteiger partial charge >= 0.3 is 0 Å². The summed E-state index contributed by atoms with van der Waals surface area (Å²) in [6.45, 7) is 0.346. The van der Waals surface area contributed by atoms with Crippen LogP contribution in [0.3, 0.4) is 0 Å². The number of rotatable bonds is 6. The monoisotopic (exact) mass is 387 g/mol. The largest absolute Gasteiger partial charge is 0.325 e. The Labute approximate surface area is 158 Å². The molecule has 8 heteroatoms. The highest BCUT2D eigenvalue weighted by Gasteiger charge is 2.24. The smallest absolute Gasteiger partial charge is 0.243 e. The highest BCUT2D eigenvalue weighted by atomic mass is 32.2. The Balaban J connectivity index is 1.66. The zero-order valence-electron chi connectivity index (χ0n) is 15.0. The zero-order valence-corrected chi connectivity index (χ0v) is 15.8. The minimum Gasteiger partial charge on any atom is -0.325 e. The molecule has 0 saturated carbocycles. The van der Waals surface area contributed by atoms with Gasteiger partial charge in [0.15, 0.2) is 0 Å². The number of amides is 2. The van der Waals surface area contributed by atoms with Gasteiger partial charge in [-0.25, -0.2) is 8.42 Å². The number of likely N-dealkylation sites (N-methyl/N-ethyl adjacent to an activating group) is 1. The second-order valence-corrected chi connectivity index (χ2v) is 8.37. The highest BCUT2D eigenvalue weighted by Crippen LogP contribution is 2.24. The standard InChI is InChI=1S/C19H21N3O4S/c1-21(27(25,26)17-9-3-2-4-10-17)14-18(23)20-15-7-5-8-16(13-15)22-12-6-11-19(22)24/h2-5,7-10,13H,6,11-12,14H2,1H3,(H,20,23). The van der Waals surface area contributed by atoms with E-state index in [4.69, 9.17) is 0 Å². The molecule has 0 unspecified atom stereocenters. The van der Waals surface area contributed by atoms with E-state index in [0.717, 1.165) is 16.4 Å². The number of hydrogen-bond donors (Lipinski definition) is 1. The summed E-state index contributed by atoms with van der Waals surface area (Å²) < 4.78 is 26.0. The minimum atomic E-state index is -3.74. The molecule has 1 aliphatic heterocycles. The maximum atomic E-state index is 12.5. The van der Waals surface area contributed by atoms with Crippen LogP contribution in [0, 0.1) is 0 Å². The molecule has 7 nitrogen and oxygen atoms in total. The normalized spacial score (nSPS) is 14.6. The van der Waals surface area contributed by atoms with Gasteiger partial charge in [0, 0.05) is 31.4 Å². The molecule has 2 aromatic carbocycles. The van der Waals surface area contributed by atoms with Gasteiger partial charge in [-0.3, -0.25) is 9.59 Å². The van der Waals surface area contributed by atoms with Crippen molar-refractivity contribution in [3.8, 4) is 0 Å². The summed E-state index contributed by atoms with van der Waals surface area (Å²) in [6.07, 6.45) is 1.34. The average Bonchev–Trinajstić information content (AvgIpc) is 3.08. The van der Waals surface area contributed by atoms with Crippen molar-refractivity contribution in [2.75, 3.05) is 30.4 Å². The van der Waals surface area contributed by atoms with E-state index in [1.54, 1.807) is 41.3 Å². The molecule has 1 aliphatic rings. The van der Waals surface area contributed by atoms with E-state index in [1.165, 1.54) is 19.2 Å². The van der Waals surface area contributed by atoms with Gasteiger partial charge < -0.3 is 10.2 Å². The molecule has 3 rings (SSSR count). The van der Waals surface area contributed by atoms with Crippen molar-refractivity contribution in [1.82, 2.24) is 4.31 Å². The summed E-state index contributed by atoms with van der Waals surface area (Å²) in [5, 5.41) is 2.69. The quantitative estimate of drug-likeness (QED) is 0.822. The lowest BCUT2D eigenvalue weighted by Crippen LogP contribution is -2.35. The highest BCUT2D eigenvalue weighted by molar-refractivity contribution is 7.89. The molecule has 1 saturated heterocycles. The van der Waals surface area contributed by atoms with Gasteiger partial charge in [0.05, 0.1) is 11.4 Å². The molecule has 142 valence electrons. The van der Waals surface area contributed by atoms with Crippen LogP contribution in [0.1, 0.15) is 12.8 Å². The second kappa shape index (κ2) is 7.89. The number of hydrogen-bond acceptors (Lipinski definition) is 4. The van der Waals surface area contributed by atoms with Crippen molar-refractivity contribution < 1.29 is 18.0 Å². The molecule has 0 spiro atoms. The number of nitrogens with zero attached hydrogens (tertiary/aromatic N) is 2. The second-order valence-electron chi connectivity index (χ2n) is 6.32. The zero-order chi connectivity index (χ0) is 19.4. The third-order valence-electron chi connectivity index (χ3n) is 4.33. The molecular formula is C19H21N3O4S. The minimum absolute atomic E-state index is 0.0622. The van der Waals surface area contributed by atoms with Crippen LogP contribution in [0.4, 0.5) is 11.4 Å². The van der Waals surface area contributed by atoms with E-state index in [9.17, 15) is 18.0 Å². The van der Waals surface area contributed by atoms with Gasteiger partial charge in [-0.05, 0) is 36.8 Å². The Hall–Kier alpha value is -2.71. The lowest BCUT2D eigenvalue weighted by atomic mass is 10.2. The maximum absolute atomic E-state index is 12.5. The summed E-state index contributed by atoms with van der Waals surface area (Å²) in [5.74, 6) is -0.394. The van der Waals surface area contributed by atoms with Crippen molar-refractivity contribution in [1.29, 1.82) is 0 Å². The summed E-state index contributed by atoms with van der Waals surface area (Å²) in [7, 11) is -2.37. The fourth-order valence-electron chi connectivity index (χ4n) is 2.93. The molecule has 0 atom stereocenters. The van der Waals surface area contributed by atoms with Gasteiger partial charge in [-0.15, -0.1) is 0 Å². The first-order valence-electron chi connectivity index (χ1n) is 8.59. The summed E-state index contributed by atoms with van der Waals surface area (Å²) in [5.41, 5.74) is 1.24. The van der Waals surface area contributed by atoms with Crippen LogP contribution in [0.5, 0.6) is 0 Å². The maximum Gasteiger partial charge on any atom is 0.243 e. The molecule has 2 aromatic rings. The summed E-state index contributed by atoms with van der Waals surface area (Å²) >= 11 is 0. The number of nitrogens with one attached hydrogen (secondary N) is 1. The van der Waals surface area contributed by atoms with E-state index < -0.39 is 15.9 Å². The van der Waals surface area contributed by atoms with Gasteiger partial charge in [-0.2, -0.15) is 4.31 Å². The van der Waals surface area contributed by atoms with Crippen molar-refractivity contribution in [2.45, 2.75) is 17.7 Å². The lowest BCUT2D eigenvalue weighted by molar-refractivity contribution is -0.117. The predicted molar refractivity (Wildman–Crippen MR) is 103 cm³/mol. The van der Waals surface area contributed by atoms with Crippen molar-refractivity contribution in [2.24, 2.45) is 0 Å². The SMILES string of the molecule is CN(CC(=O)Nc1cccc(N2CCCC2=O)c1)S(=O)(=O)c1ccccc1. The third-order valence-corrected chi connectivity index (χ3v) is 6.15. The Morgan fingerprint density at radius 3 is 2.56 bits per heavy atom. The molecule has 1 heterocycles. The number of carbonyl (C=O) groups excluding carboxylic acids is 2. The van der Waals surface area contributed by atoms with E-state index in [2.05, 4.69) is 5.32 Å². The van der Waals surface area contributed by atoms with Gasteiger partial charge in [0.25, 0.3) is 0 Å². The molecular weight excluding hydrogens is 366 g/mol. The van der Waals surface area contributed by atoms with Crippen molar-refractivity contribution >= 4 is 33.2 Å². The van der Waals surface area contributed by atoms with E-state index in [-0.39, 0.29) is 17.3 Å². The fourth-order valence-corrected chi connectivity index (χ4v) is 4.08. The number of carbonyl (C=O) groups is 2. The molecule has 1 fully saturated rings. The molecule has 0 aromatic heterocycles. The average molecular weight is 387 g/mol. The topological polar surface area (TPSA) is 86.8 Å². The number of benzene rings is 2. The van der Waals surface area contributed by atoms with E-state index in [0.29, 0.717) is 18.7 Å². The number of anilines is 2. The molecule has 27 heavy (non-hydrogen) atoms. The van der Waals surface area contributed by atoms with Gasteiger partial charge in [-0.1, -0.05) is 24.3 Å². The molecule has 0 aliphatic carbocycles. The third kappa shape index (κ3) is 4.35. The van der Waals surface area contributed by atoms with E-state index >= 15 is 0 Å².